The molecule has 3 fully saturated rings. The molecule has 3 aliphatic rings. The van der Waals surface area contributed by atoms with Crippen LogP contribution in [0.3, 0.4) is 0 Å². The number of benzene rings is 1. The third-order valence-electron chi connectivity index (χ3n) is 6.16. The lowest BCUT2D eigenvalue weighted by atomic mass is 9.89. The van der Waals surface area contributed by atoms with Crippen molar-refractivity contribution in [2.24, 2.45) is 5.73 Å². The Bertz CT molecular complexity index is 583. The van der Waals surface area contributed by atoms with Gasteiger partial charge in [0.15, 0.2) is 0 Å². The van der Waals surface area contributed by atoms with Gasteiger partial charge in [-0.3, -0.25) is 9.69 Å². The van der Waals surface area contributed by atoms with Crippen LogP contribution >= 0.6 is 0 Å². The molecule has 130 valence electrons. The number of hydrogen-bond donors (Lipinski definition) is 1. The maximum atomic E-state index is 11.3. The minimum atomic E-state index is -0.396. The first-order chi connectivity index (χ1) is 11.7. The first-order valence-corrected chi connectivity index (χ1v) is 9.54. The maximum absolute atomic E-state index is 11.3. The predicted molar refractivity (Wildman–Crippen MR) is 94.1 cm³/mol. The summed E-state index contributed by atoms with van der Waals surface area (Å²) in [5, 5.41) is 0. The number of amides is 1. The smallest absolute Gasteiger partial charge is 0.248 e. The van der Waals surface area contributed by atoms with Crippen LogP contribution in [0.2, 0.25) is 0 Å². The van der Waals surface area contributed by atoms with Gasteiger partial charge < -0.3 is 10.5 Å². The largest absolute Gasteiger partial charge is 0.490 e. The zero-order chi connectivity index (χ0) is 16.5. The van der Waals surface area contributed by atoms with Crippen LogP contribution in [-0.2, 0) is 0 Å². The summed E-state index contributed by atoms with van der Waals surface area (Å²) in [4.78, 5) is 14.2. The van der Waals surface area contributed by atoms with E-state index in [1.54, 1.807) is 12.1 Å². The average Bonchev–Trinajstić information content (AvgIpc) is 2.87. The normalized spacial score (nSPS) is 31.1. The lowest BCUT2D eigenvalue weighted by molar-refractivity contribution is 0.0106. The third-order valence-corrected chi connectivity index (χ3v) is 6.16. The number of ether oxygens (including phenoxy) is 1. The number of nitrogens with two attached hydrogens (primary N) is 1. The molecule has 2 heterocycles. The highest BCUT2D eigenvalue weighted by atomic mass is 16.5. The second-order valence-electron chi connectivity index (χ2n) is 7.73. The van der Waals surface area contributed by atoms with Crippen molar-refractivity contribution >= 4 is 5.91 Å². The minimum absolute atomic E-state index is 0.269. The summed E-state index contributed by atoms with van der Waals surface area (Å²) in [5.41, 5.74) is 5.89. The third kappa shape index (κ3) is 3.16. The van der Waals surface area contributed by atoms with E-state index in [0.29, 0.717) is 17.6 Å². The summed E-state index contributed by atoms with van der Waals surface area (Å²) in [6.07, 6.45) is 12.2. The topological polar surface area (TPSA) is 55.6 Å². The van der Waals surface area contributed by atoms with Gasteiger partial charge in [-0.1, -0.05) is 25.3 Å². The van der Waals surface area contributed by atoms with E-state index in [0.717, 1.165) is 24.6 Å². The summed E-state index contributed by atoms with van der Waals surface area (Å²) in [7, 11) is 0. The van der Waals surface area contributed by atoms with E-state index >= 15 is 0 Å². The first kappa shape index (κ1) is 15.9. The monoisotopic (exact) mass is 328 g/mol. The van der Waals surface area contributed by atoms with Gasteiger partial charge in [0.2, 0.25) is 5.91 Å². The molecule has 24 heavy (non-hydrogen) atoms. The van der Waals surface area contributed by atoms with Crippen LogP contribution in [0.5, 0.6) is 5.75 Å². The molecule has 1 amide bonds. The summed E-state index contributed by atoms with van der Waals surface area (Å²) in [6.45, 7) is 0. The highest BCUT2D eigenvalue weighted by molar-refractivity contribution is 5.93. The summed E-state index contributed by atoms with van der Waals surface area (Å²) in [5.74, 6) is 0.384. The van der Waals surface area contributed by atoms with Crippen molar-refractivity contribution in [1.29, 1.82) is 0 Å². The molecule has 1 unspecified atom stereocenters. The van der Waals surface area contributed by atoms with Gasteiger partial charge in [-0.2, -0.15) is 0 Å². The van der Waals surface area contributed by atoms with Gasteiger partial charge in [0.05, 0.1) is 0 Å². The van der Waals surface area contributed by atoms with E-state index in [1.807, 2.05) is 12.1 Å². The Hall–Kier alpha value is -1.55. The van der Waals surface area contributed by atoms with E-state index in [2.05, 4.69) is 4.90 Å². The Kier molecular flexibility index (Phi) is 4.49. The molecule has 0 radical (unpaired) electrons. The van der Waals surface area contributed by atoms with Crippen molar-refractivity contribution in [3.05, 3.63) is 29.8 Å². The fourth-order valence-corrected chi connectivity index (χ4v) is 5.15. The van der Waals surface area contributed by atoms with Gasteiger partial charge in [-0.15, -0.1) is 0 Å². The van der Waals surface area contributed by atoms with Crippen molar-refractivity contribution in [2.45, 2.75) is 82.0 Å². The van der Waals surface area contributed by atoms with Crippen LogP contribution in [-0.4, -0.2) is 35.0 Å². The number of rotatable bonds is 4. The van der Waals surface area contributed by atoms with Gasteiger partial charge in [0, 0.05) is 23.7 Å². The number of nitrogens with zero attached hydrogens (tertiary/aromatic N) is 1. The molecule has 2 N–H and O–H groups in total. The maximum Gasteiger partial charge on any atom is 0.248 e. The number of fused-ring (bicyclic) bond motifs is 2. The molecule has 4 rings (SSSR count). The Labute approximate surface area is 144 Å². The summed E-state index contributed by atoms with van der Waals surface area (Å²) < 4.78 is 6.23. The van der Waals surface area contributed by atoms with Crippen molar-refractivity contribution < 1.29 is 9.53 Å². The van der Waals surface area contributed by atoms with Crippen molar-refractivity contribution in [2.75, 3.05) is 0 Å². The van der Waals surface area contributed by atoms with E-state index in [9.17, 15) is 4.79 Å². The Morgan fingerprint density at radius 2 is 1.71 bits per heavy atom. The molecule has 2 bridgehead atoms. The quantitative estimate of drug-likeness (QED) is 0.920. The molecule has 1 saturated carbocycles. The van der Waals surface area contributed by atoms with Gasteiger partial charge in [-0.05, 0) is 56.7 Å². The molecule has 2 aliphatic heterocycles. The fourth-order valence-electron chi connectivity index (χ4n) is 5.15. The highest BCUT2D eigenvalue weighted by Gasteiger charge is 2.44. The number of hydrogen-bond acceptors (Lipinski definition) is 3. The van der Waals surface area contributed by atoms with Gasteiger partial charge in [-0.25, -0.2) is 0 Å². The van der Waals surface area contributed by atoms with Crippen LogP contribution in [0.4, 0.5) is 0 Å². The summed E-state index contributed by atoms with van der Waals surface area (Å²) in [6, 6.07) is 9.49. The Balaban J connectivity index is 1.41. The standard InChI is InChI=1S/C20H28N2O2/c21-20(23)14-5-4-8-18(11-14)24-19-12-16-9-10-17(13-19)22(16)15-6-2-1-3-7-15/h4-5,8,11,15-17,19H,1-3,6-7,9-10,12-13H2,(H2,21,23)/t16-,17+,19?. The van der Waals surface area contributed by atoms with Gasteiger partial charge in [0.25, 0.3) is 0 Å². The zero-order valence-electron chi connectivity index (χ0n) is 14.3. The molecule has 0 aromatic heterocycles. The molecular formula is C20H28N2O2. The minimum Gasteiger partial charge on any atom is -0.490 e. The molecule has 4 heteroatoms. The number of piperidine rings is 1. The molecule has 0 spiro atoms. The van der Waals surface area contributed by atoms with Gasteiger partial charge >= 0.3 is 0 Å². The molecule has 3 atom stereocenters. The van der Waals surface area contributed by atoms with Gasteiger partial charge in [0.1, 0.15) is 11.9 Å². The molecule has 1 aromatic carbocycles. The lowest BCUT2D eigenvalue weighted by Crippen LogP contribution is -2.51. The second-order valence-corrected chi connectivity index (χ2v) is 7.73. The Morgan fingerprint density at radius 1 is 1.00 bits per heavy atom. The van der Waals surface area contributed by atoms with Crippen molar-refractivity contribution in [3.8, 4) is 5.75 Å². The van der Waals surface area contributed by atoms with Crippen LogP contribution in [0.25, 0.3) is 0 Å². The molecule has 4 nitrogen and oxygen atoms in total. The van der Waals surface area contributed by atoms with Crippen molar-refractivity contribution in [3.63, 3.8) is 0 Å². The Morgan fingerprint density at radius 3 is 2.38 bits per heavy atom. The van der Waals surface area contributed by atoms with E-state index in [4.69, 9.17) is 10.5 Å². The second kappa shape index (κ2) is 6.75. The SMILES string of the molecule is NC(=O)c1cccc(OC2C[C@H]3CC[C@@H](C2)N3C2CCCCC2)c1. The molecule has 1 aliphatic carbocycles. The van der Waals surface area contributed by atoms with E-state index < -0.39 is 5.91 Å². The van der Waals surface area contributed by atoms with E-state index in [1.165, 1.54) is 44.9 Å². The summed E-state index contributed by atoms with van der Waals surface area (Å²) >= 11 is 0. The van der Waals surface area contributed by atoms with Crippen LogP contribution in [0.1, 0.15) is 68.1 Å². The fraction of sp³-hybridized carbons (Fsp3) is 0.650. The van der Waals surface area contributed by atoms with Crippen LogP contribution in [0, 0.1) is 0 Å². The lowest BCUT2D eigenvalue weighted by Gasteiger charge is -2.44. The zero-order valence-corrected chi connectivity index (χ0v) is 14.3. The van der Waals surface area contributed by atoms with Crippen LogP contribution in [0.15, 0.2) is 24.3 Å². The average molecular weight is 328 g/mol. The molecular weight excluding hydrogens is 300 g/mol. The van der Waals surface area contributed by atoms with E-state index in [-0.39, 0.29) is 6.10 Å². The molecule has 2 saturated heterocycles. The van der Waals surface area contributed by atoms with Crippen molar-refractivity contribution in [1.82, 2.24) is 4.90 Å². The van der Waals surface area contributed by atoms with Crippen LogP contribution < -0.4 is 10.5 Å². The number of carbonyl (C=O) groups excluding carboxylic acids is 1. The predicted octanol–water partition coefficient (Wildman–Crippen LogP) is 3.49. The number of primary amides is 1. The highest BCUT2D eigenvalue weighted by Crippen LogP contribution is 2.41. The number of carbonyl (C=O) groups is 1. The first-order valence-electron chi connectivity index (χ1n) is 9.54. The molecule has 1 aromatic rings.